The van der Waals surface area contributed by atoms with Gasteiger partial charge in [-0.2, -0.15) is 0 Å². The minimum atomic E-state index is 0.503. The van der Waals surface area contributed by atoms with E-state index < -0.39 is 0 Å². The maximum Gasteiger partial charge on any atom is 0.236 e. The lowest BCUT2D eigenvalue weighted by Crippen LogP contribution is -1.92. The number of rotatable bonds is 3. The van der Waals surface area contributed by atoms with Gasteiger partial charge in [0, 0.05) is 11.8 Å². The van der Waals surface area contributed by atoms with E-state index in [9.17, 15) is 0 Å². The van der Waals surface area contributed by atoms with Crippen molar-refractivity contribution in [3.05, 3.63) is 71.6 Å². The second-order valence-electron chi connectivity index (χ2n) is 4.14. The van der Waals surface area contributed by atoms with Crippen LogP contribution in [0.4, 0.5) is 0 Å². The average Bonchev–Trinajstić information content (AvgIpc) is 2.51. The molecule has 0 aliphatic rings. The minimum absolute atomic E-state index is 0.503. The van der Waals surface area contributed by atoms with Crippen LogP contribution in [-0.4, -0.2) is 9.97 Å². The van der Waals surface area contributed by atoms with Crippen LogP contribution in [0.3, 0.4) is 0 Å². The highest BCUT2D eigenvalue weighted by Gasteiger charge is 2.09. The zero-order chi connectivity index (χ0) is 13.8. The SMILES string of the molecule is Brc1cncnc1Oc1ccccc1-c1ccccc1. The normalized spacial score (nSPS) is 10.2. The Morgan fingerprint density at radius 3 is 2.45 bits per heavy atom. The maximum absolute atomic E-state index is 5.90. The van der Waals surface area contributed by atoms with Crippen molar-refractivity contribution < 1.29 is 4.74 Å². The smallest absolute Gasteiger partial charge is 0.236 e. The molecule has 1 aromatic heterocycles. The molecule has 1 heterocycles. The van der Waals surface area contributed by atoms with Gasteiger partial charge < -0.3 is 4.74 Å². The third kappa shape index (κ3) is 2.70. The van der Waals surface area contributed by atoms with Gasteiger partial charge in [0.1, 0.15) is 12.1 Å². The molecule has 0 aliphatic carbocycles. The zero-order valence-corrected chi connectivity index (χ0v) is 12.1. The van der Waals surface area contributed by atoms with Crippen LogP contribution >= 0.6 is 15.9 Å². The Kier molecular flexibility index (Phi) is 3.74. The molecule has 3 nitrogen and oxygen atoms in total. The van der Waals surface area contributed by atoms with Crippen molar-refractivity contribution in [1.82, 2.24) is 9.97 Å². The van der Waals surface area contributed by atoms with Gasteiger partial charge in [0.2, 0.25) is 5.88 Å². The monoisotopic (exact) mass is 326 g/mol. The molecule has 0 aliphatic heterocycles. The van der Waals surface area contributed by atoms with Gasteiger partial charge in [0.15, 0.2) is 0 Å². The summed E-state index contributed by atoms with van der Waals surface area (Å²) in [5, 5.41) is 0. The van der Waals surface area contributed by atoms with E-state index in [0.717, 1.165) is 21.3 Å². The van der Waals surface area contributed by atoms with Gasteiger partial charge >= 0.3 is 0 Å². The quantitative estimate of drug-likeness (QED) is 0.699. The number of hydrogen-bond acceptors (Lipinski definition) is 3. The zero-order valence-electron chi connectivity index (χ0n) is 10.5. The first-order chi connectivity index (χ1) is 9.84. The predicted octanol–water partition coefficient (Wildman–Crippen LogP) is 4.70. The highest BCUT2D eigenvalue weighted by Crippen LogP contribution is 2.34. The Labute approximate surface area is 125 Å². The van der Waals surface area contributed by atoms with Crippen LogP contribution in [0.5, 0.6) is 11.6 Å². The first-order valence-corrected chi connectivity index (χ1v) is 6.92. The van der Waals surface area contributed by atoms with E-state index in [1.807, 2.05) is 42.5 Å². The van der Waals surface area contributed by atoms with Crippen molar-refractivity contribution in [2.24, 2.45) is 0 Å². The Morgan fingerprint density at radius 1 is 0.900 bits per heavy atom. The number of para-hydroxylation sites is 1. The molecular formula is C16H11BrN2O. The molecule has 3 aromatic rings. The van der Waals surface area contributed by atoms with Crippen molar-refractivity contribution >= 4 is 15.9 Å². The van der Waals surface area contributed by atoms with E-state index >= 15 is 0 Å². The van der Waals surface area contributed by atoms with Gasteiger partial charge in [-0.05, 0) is 27.6 Å². The van der Waals surface area contributed by atoms with Crippen LogP contribution in [0.25, 0.3) is 11.1 Å². The summed E-state index contributed by atoms with van der Waals surface area (Å²) in [6, 6.07) is 18.0. The predicted molar refractivity (Wildman–Crippen MR) is 81.7 cm³/mol. The van der Waals surface area contributed by atoms with Gasteiger partial charge in [0.25, 0.3) is 0 Å². The van der Waals surface area contributed by atoms with Crippen LogP contribution in [0, 0.1) is 0 Å². The second kappa shape index (κ2) is 5.84. The summed E-state index contributed by atoms with van der Waals surface area (Å²) in [4.78, 5) is 8.06. The van der Waals surface area contributed by atoms with E-state index in [4.69, 9.17) is 4.74 Å². The van der Waals surface area contributed by atoms with E-state index in [0.29, 0.717) is 5.88 Å². The summed E-state index contributed by atoms with van der Waals surface area (Å²) in [6.45, 7) is 0. The molecule has 0 spiro atoms. The molecule has 0 N–H and O–H groups in total. The van der Waals surface area contributed by atoms with Gasteiger partial charge in [0.05, 0.1) is 4.47 Å². The Hall–Kier alpha value is -2.20. The highest BCUT2D eigenvalue weighted by atomic mass is 79.9. The Morgan fingerprint density at radius 2 is 1.65 bits per heavy atom. The Balaban J connectivity index is 2.01. The summed E-state index contributed by atoms with van der Waals surface area (Å²) in [5.41, 5.74) is 2.13. The topological polar surface area (TPSA) is 35.0 Å². The van der Waals surface area contributed by atoms with Crippen LogP contribution in [-0.2, 0) is 0 Å². The summed E-state index contributed by atoms with van der Waals surface area (Å²) in [7, 11) is 0. The molecule has 3 rings (SSSR count). The molecule has 0 bridgehead atoms. The van der Waals surface area contributed by atoms with E-state index in [-0.39, 0.29) is 0 Å². The van der Waals surface area contributed by atoms with Crippen molar-refractivity contribution in [2.75, 3.05) is 0 Å². The van der Waals surface area contributed by atoms with Crippen molar-refractivity contribution in [1.29, 1.82) is 0 Å². The van der Waals surface area contributed by atoms with Crippen molar-refractivity contribution in [3.63, 3.8) is 0 Å². The molecule has 0 amide bonds. The second-order valence-corrected chi connectivity index (χ2v) is 4.99. The van der Waals surface area contributed by atoms with E-state index in [1.165, 1.54) is 6.33 Å². The molecule has 0 fully saturated rings. The first-order valence-electron chi connectivity index (χ1n) is 6.12. The minimum Gasteiger partial charge on any atom is -0.437 e. The molecule has 98 valence electrons. The van der Waals surface area contributed by atoms with Crippen LogP contribution in [0.1, 0.15) is 0 Å². The number of nitrogens with zero attached hydrogens (tertiary/aromatic N) is 2. The fourth-order valence-electron chi connectivity index (χ4n) is 1.89. The van der Waals surface area contributed by atoms with Crippen LogP contribution in [0.15, 0.2) is 71.6 Å². The molecule has 0 saturated carbocycles. The number of benzene rings is 2. The van der Waals surface area contributed by atoms with Crippen LogP contribution < -0.4 is 4.74 Å². The lowest BCUT2D eigenvalue weighted by atomic mass is 10.1. The lowest BCUT2D eigenvalue weighted by molar-refractivity contribution is 0.459. The van der Waals surface area contributed by atoms with E-state index in [1.54, 1.807) is 6.20 Å². The molecule has 0 atom stereocenters. The summed E-state index contributed by atoms with van der Waals surface area (Å²) >= 11 is 3.38. The van der Waals surface area contributed by atoms with Crippen LogP contribution in [0.2, 0.25) is 0 Å². The third-order valence-electron chi connectivity index (χ3n) is 2.81. The number of halogens is 1. The highest BCUT2D eigenvalue weighted by molar-refractivity contribution is 9.10. The number of hydrogen-bond donors (Lipinski definition) is 0. The average molecular weight is 327 g/mol. The molecule has 20 heavy (non-hydrogen) atoms. The fourth-order valence-corrected chi connectivity index (χ4v) is 2.19. The van der Waals surface area contributed by atoms with Gasteiger partial charge in [-0.3, -0.25) is 0 Å². The third-order valence-corrected chi connectivity index (χ3v) is 3.36. The van der Waals surface area contributed by atoms with Crippen molar-refractivity contribution in [3.8, 4) is 22.8 Å². The summed E-state index contributed by atoms with van der Waals surface area (Å²) in [6.07, 6.45) is 3.12. The molecule has 0 unspecified atom stereocenters. The van der Waals surface area contributed by atoms with E-state index in [2.05, 4.69) is 38.0 Å². The molecule has 0 saturated heterocycles. The standard InChI is InChI=1S/C16H11BrN2O/c17-14-10-18-11-19-16(14)20-15-9-5-4-8-13(15)12-6-2-1-3-7-12/h1-11H. The molecule has 0 radical (unpaired) electrons. The Bertz CT molecular complexity index is 716. The first kappa shape index (κ1) is 12.8. The largest absolute Gasteiger partial charge is 0.437 e. The number of aromatic nitrogens is 2. The van der Waals surface area contributed by atoms with Gasteiger partial charge in [-0.15, -0.1) is 0 Å². The maximum atomic E-state index is 5.90. The van der Waals surface area contributed by atoms with Gasteiger partial charge in [-0.25, -0.2) is 9.97 Å². The number of ether oxygens (including phenoxy) is 1. The fraction of sp³-hybridized carbons (Fsp3) is 0. The molecular weight excluding hydrogens is 316 g/mol. The summed E-state index contributed by atoms with van der Waals surface area (Å²) in [5.74, 6) is 1.27. The van der Waals surface area contributed by atoms with Gasteiger partial charge in [-0.1, -0.05) is 48.5 Å². The molecule has 4 heteroatoms. The molecule has 2 aromatic carbocycles. The summed E-state index contributed by atoms with van der Waals surface area (Å²) < 4.78 is 6.62. The lowest BCUT2D eigenvalue weighted by Gasteiger charge is -2.11. The van der Waals surface area contributed by atoms with Crippen molar-refractivity contribution in [2.45, 2.75) is 0 Å².